The van der Waals surface area contributed by atoms with Crippen LogP contribution in [-0.4, -0.2) is 3.23 Å². The fraction of sp³-hybridized carbons (Fsp3) is 0.368. The first-order valence-corrected chi connectivity index (χ1v) is 9.16. The lowest BCUT2D eigenvalue weighted by Gasteiger charge is -2.24. The summed E-state index contributed by atoms with van der Waals surface area (Å²) in [4.78, 5) is 0. The van der Waals surface area contributed by atoms with Crippen LogP contribution in [0.25, 0.3) is 0 Å². The Morgan fingerprint density at radius 2 is 1.00 bits per heavy atom. The fourth-order valence-corrected chi connectivity index (χ4v) is 7.56. The van der Waals surface area contributed by atoms with E-state index in [1.807, 2.05) is 0 Å². The molecule has 2 aromatic rings. The van der Waals surface area contributed by atoms with Crippen molar-refractivity contribution in [3.63, 3.8) is 0 Å². The summed E-state index contributed by atoms with van der Waals surface area (Å²) in [5.41, 5.74) is 2.98. The Morgan fingerprint density at radius 3 is 1.29 bits per heavy atom. The average molecular weight is 408 g/mol. The molecular formula is C19H20Br2. The normalized spacial score (nSPS) is 30.1. The zero-order valence-corrected chi connectivity index (χ0v) is 15.6. The van der Waals surface area contributed by atoms with E-state index in [1.165, 1.54) is 11.1 Å². The Balaban J connectivity index is 2.23. The maximum atomic E-state index is 4.04. The summed E-state index contributed by atoms with van der Waals surface area (Å²) in [5.74, 6) is 0. The maximum absolute atomic E-state index is 4.04. The molecule has 110 valence electrons. The molecule has 1 aliphatic rings. The van der Waals surface area contributed by atoms with E-state index in [4.69, 9.17) is 0 Å². The van der Waals surface area contributed by atoms with Crippen LogP contribution in [-0.2, 0) is 10.8 Å². The van der Waals surface area contributed by atoms with Crippen LogP contribution in [0.4, 0.5) is 0 Å². The smallest absolute Gasteiger partial charge is 0.0707 e. The number of benzene rings is 2. The second-order valence-corrected chi connectivity index (χ2v) is 9.27. The molecule has 0 spiro atoms. The second-order valence-electron chi connectivity index (χ2n) is 5.82. The van der Waals surface area contributed by atoms with E-state index in [0.29, 0.717) is 0 Å². The van der Waals surface area contributed by atoms with Crippen molar-refractivity contribution in [2.24, 2.45) is 0 Å². The van der Waals surface area contributed by atoms with E-state index < -0.39 is 0 Å². The predicted octanol–water partition coefficient (Wildman–Crippen LogP) is 6.18. The van der Waals surface area contributed by atoms with Gasteiger partial charge in [0.2, 0.25) is 0 Å². The lowest BCUT2D eigenvalue weighted by Crippen LogP contribution is -2.21. The number of hydrogen-bond donors (Lipinski definition) is 0. The van der Waals surface area contributed by atoms with Gasteiger partial charge >= 0.3 is 0 Å². The van der Waals surface area contributed by atoms with Crippen LogP contribution >= 0.6 is 31.9 Å². The SMILES string of the molecule is CC[C@]1(c2ccccc2)C(Br)(Br)[C@@]1(CC)c1ccccc1. The molecule has 0 heterocycles. The summed E-state index contributed by atoms with van der Waals surface area (Å²) in [7, 11) is 0. The molecule has 0 radical (unpaired) electrons. The number of rotatable bonds is 4. The summed E-state index contributed by atoms with van der Waals surface area (Å²) < 4.78 is -0.0911. The molecule has 1 aliphatic carbocycles. The molecule has 0 nitrogen and oxygen atoms in total. The van der Waals surface area contributed by atoms with Crippen LogP contribution in [0.1, 0.15) is 37.8 Å². The fourth-order valence-electron chi connectivity index (χ4n) is 4.36. The Hall–Kier alpha value is -0.600. The standard InChI is InChI=1S/C19H20Br2/c1-3-17(15-11-7-5-8-12-15)18(4-2,19(17,20)21)16-13-9-6-10-14-16/h5-14H,3-4H2,1-2H3/t17-,18+. The highest BCUT2D eigenvalue weighted by atomic mass is 79.9. The Kier molecular flexibility index (Phi) is 3.82. The van der Waals surface area contributed by atoms with E-state index in [0.717, 1.165) is 12.8 Å². The molecule has 1 saturated carbocycles. The summed E-state index contributed by atoms with van der Waals surface area (Å²) in [6.07, 6.45) is 2.19. The quantitative estimate of drug-likeness (QED) is 0.530. The first-order chi connectivity index (χ1) is 10.1. The third kappa shape index (κ3) is 1.72. The topological polar surface area (TPSA) is 0 Å². The zero-order valence-electron chi connectivity index (χ0n) is 12.4. The Labute approximate surface area is 144 Å². The summed E-state index contributed by atoms with van der Waals surface area (Å²) in [6.45, 7) is 4.59. The van der Waals surface area contributed by atoms with Gasteiger partial charge in [0.25, 0.3) is 0 Å². The molecule has 21 heavy (non-hydrogen) atoms. The molecule has 2 aromatic carbocycles. The maximum Gasteiger partial charge on any atom is 0.102 e. The Bertz CT molecular complexity index is 565. The van der Waals surface area contributed by atoms with Crippen molar-refractivity contribution in [3.05, 3.63) is 71.8 Å². The molecule has 0 saturated heterocycles. The molecule has 0 amide bonds. The molecule has 2 atom stereocenters. The monoisotopic (exact) mass is 406 g/mol. The largest absolute Gasteiger partial charge is 0.102 e. The van der Waals surface area contributed by atoms with Gasteiger partial charge in [-0.1, -0.05) is 106 Å². The van der Waals surface area contributed by atoms with Crippen molar-refractivity contribution in [1.29, 1.82) is 0 Å². The third-order valence-electron chi connectivity index (χ3n) is 5.33. The van der Waals surface area contributed by atoms with Crippen LogP contribution in [0.3, 0.4) is 0 Å². The molecule has 0 N–H and O–H groups in total. The number of hydrogen-bond acceptors (Lipinski definition) is 0. The van der Waals surface area contributed by atoms with Crippen LogP contribution in [0.2, 0.25) is 0 Å². The highest BCUT2D eigenvalue weighted by molar-refractivity contribution is 9.25. The van der Waals surface area contributed by atoms with Gasteiger partial charge in [-0.05, 0) is 24.0 Å². The van der Waals surface area contributed by atoms with Crippen molar-refractivity contribution in [2.75, 3.05) is 0 Å². The Morgan fingerprint density at radius 1 is 0.667 bits per heavy atom. The van der Waals surface area contributed by atoms with E-state index >= 15 is 0 Å². The summed E-state index contributed by atoms with van der Waals surface area (Å²) in [5, 5.41) is 0. The molecule has 3 rings (SSSR count). The summed E-state index contributed by atoms with van der Waals surface area (Å²) in [6, 6.07) is 21.8. The zero-order chi connectivity index (χ0) is 15.1. The lowest BCUT2D eigenvalue weighted by molar-refractivity contribution is 0.507. The first kappa shape index (κ1) is 15.3. The van der Waals surface area contributed by atoms with E-state index in [1.54, 1.807) is 0 Å². The highest BCUT2D eigenvalue weighted by Gasteiger charge is 2.84. The van der Waals surface area contributed by atoms with Crippen LogP contribution in [0.5, 0.6) is 0 Å². The van der Waals surface area contributed by atoms with Gasteiger partial charge in [-0.15, -0.1) is 0 Å². The lowest BCUT2D eigenvalue weighted by atomic mass is 9.78. The van der Waals surface area contributed by atoms with E-state index in [2.05, 4.69) is 106 Å². The molecule has 2 heteroatoms. The van der Waals surface area contributed by atoms with Crippen molar-refractivity contribution in [1.82, 2.24) is 0 Å². The van der Waals surface area contributed by atoms with Crippen LogP contribution < -0.4 is 0 Å². The van der Waals surface area contributed by atoms with Gasteiger partial charge in [0.05, 0.1) is 0 Å². The van der Waals surface area contributed by atoms with E-state index in [9.17, 15) is 0 Å². The van der Waals surface area contributed by atoms with Crippen molar-refractivity contribution in [3.8, 4) is 0 Å². The minimum atomic E-state index is -0.0911. The second kappa shape index (κ2) is 5.24. The minimum Gasteiger partial charge on any atom is -0.0707 e. The van der Waals surface area contributed by atoms with Gasteiger partial charge in [-0.2, -0.15) is 0 Å². The van der Waals surface area contributed by atoms with Gasteiger partial charge in [0.15, 0.2) is 0 Å². The van der Waals surface area contributed by atoms with E-state index in [-0.39, 0.29) is 14.1 Å². The molecule has 0 aromatic heterocycles. The van der Waals surface area contributed by atoms with Gasteiger partial charge in [-0.3, -0.25) is 0 Å². The van der Waals surface area contributed by atoms with Gasteiger partial charge in [0.1, 0.15) is 3.23 Å². The van der Waals surface area contributed by atoms with Crippen molar-refractivity contribution in [2.45, 2.75) is 40.8 Å². The average Bonchev–Trinajstić information content (AvgIpc) is 3.00. The molecule has 0 unspecified atom stereocenters. The highest BCUT2D eigenvalue weighted by Crippen LogP contribution is 2.82. The van der Waals surface area contributed by atoms with Crippen LogP contribution in [0.15, 0.2) is 60.7 Å². The van der Waals surface area contributed by atoms with Crippen LogP contribution in [0, 0.1) is 0 Å². The molecule has 0 bridgehead atoms. The van der Waals surface area contributed by atoms with Gasteiger partial charge < -0.3 is 0 Å². The third-order valence-corrected chi connectivity index (χ3v) is 8.04. The molecule has 0 aliphatic heterocycles. The van der Waals surface area contributed by atoms with Crippen molar-refractivity contribution >= 4 is 31.9 Å². The number of alkyl halides is 2. The van der Waals surface area contributed by atoms with Crippen molar-refractivity contribution < 1.29 is 0 Å². The molecule has 1 fully saturated rings. The predicted molar refractivity (Wildman–Crippen MR) is 97.4 cm³/mol. The van der Waals surface area contributed by atoms with Gasteiger partial charge in [0, 0.05) is 10.8 Å². The first-order valence-electron chi connectivity index (χ1n) is 7.57. The summed E-state index contributed by atoms with van der Waals surface area (Å²) >= 11 is 8.09. The minimum absolute atomic E-state index is 0.0807. The molecular weight excluding hydrogens is 388 g/mol. The number of halogens is 2. The van der Waals surface area contributed by atoms with Gasteiger partial charge in [-0.25, -0.2) is 0 Å².